The third kappa shape index (κ3) is 8.27. The predicted molar refractivity (Wildman–Crippen MR) is 77.8 cm³/mol. The Balaban J connectivity index is 3.32. The summed E-state index contributed by atoms with van der Waals surface area (Å²) in [5.41, 5.74) is 0. The van der Waals surface area contributed by atoms with Gasteiger partial charge in [-0.25, -0.2) is 0 Å². The van der Waals surface area contributed by atoms with Gasteiger partial charge in [0.05, 0.1) is 1.59 Å². The topological polar surface area (TPSA) is 0 Å². The quantitative estimate of drug-likeness (QED) is 0.357. The number of rotatable bonds is 5. The van der Waals surface area contributed by atoms with Gasteiger partial charge in [-0.3, -0.25) is 0 Å². The van der Waals surface area contributed by atoms with Gasteiger partial charge in [-0.1, -0.05) is 26.2 Å². The highest BCUT2D eigenvalue weighted by Crippen LogP contribution is 2.29. The van der Waals surface area contributed by atoms with Crippen LogP contribution in [0.15, 0.2) is 5.17 Å². The molecule has 3 heteroatoms. The van der Waals surface area contributed by atoms with Crippen LogP contribution in [0.5, 0.6) is 0 Å². The van der Waals surface area contributed by atoms with Crippen LogP contribution in [0.2, 0.25) is 0 Å². The first kappa shape index (κ1) is 12.9. The molecule has 0 aromatic heterocycles. The zero-order valence-electron chi connectivity index (χ0n) is 6.67. The van der Waals surface area contributed by atoms with Gasteiger partial charge in [0, 0.05) is 3.58 Å². The molecule has 0 radical (unpaired) electrons. The molecule has 66 valence electrons. The van der Waals surface area contributed by atoms with Crippen LogP contribution in [-0.2, 0) is 0 Å². The summed E-state index contributed by atoms with van der Waals surface area (Å²) in [6.45, 7) is 2.25. The number of hydrogen-bond donors (Lipinski definition) is 0. The second-order valence-electron chi connectivity index (χ2n) is 2.48. The highest BCUT2D eigenvalue weighted by atomic mass is 127. The van der Waals surface area contributed by atoms with Gasteiger partial charge in [-0.2, -0.15) is 0 Å². The normalized spacial score (nSPS) is 9.82. The molecule has 0 saturated carbocycles. The van der Waals surface area contributed by atoms with E-state index in [0.29, 0.717) is 0 Å². The molecule has 0 heterocycles. The average Bonchev–Trinajstić information content (AvgIpc) is 1.97. The smallest absolute Gasteiger partial charge is 0.0606 e. The van der Waals surface area contributed by atoms with Crippen molar-refractivity contribution in [1.82, 2.24) is 0 Å². The summed E-state index contributed by atoms with van der Waals surface area (Å²) in [5, 5.41) is 0. The molecule has 0 amide bonds. The van der Waals surface area contributed by atoms with Crippen LogP contribution >= 0.6 is 67.8 Å². The summed E-state index contributed by atoms with van der Waals surface area (Å²) < 4.78 is 2.96. The minimum atomic E-state index is 1.28. The first-order valence-corrected chi connectivity index (χ1v) is 7.11. The maximum absolute atomic E-state index is 2.45. The fourth-order valence-corrected chi connectivity index (χ4v) is 1.72. The Kier molecular flexibility index (Phi) is 10.0. The van der Waals surface area contributed by atoms with E-state index in [1.54, 1.807) is 0 Å². The standard InChI is InChI=1S/C8H13I3/c1-2-3-4-5-6-7(9)8(10)11/h2-6H2,1H3. The molecule has 0 N–H and O–H groups in total. The van der Waals surface area contributed by atoms with E-state index in [2.05, 4.69) is 74.7 Å². The molecule has 0 aliphatic rings. The average molecular weight is 490 g/mol. The van der Waals surface area contributed by atoms with Crippen molar-refractivity contribution in [2.45, 2.75) is 39.0 Å². The molecule has 0 nitrogen and oxygen atoms in total. The van der Waals surface area contributed by atoms with E-state index in [1.807, 2.05) is 0 Å². The molecule has 0 bridgehead atoms. The van der Waals surface area contributed by atoms with Gasteiger partial charge in [0.15, 0.2) is 0 Å². The lowest BCUT2D eigenvalue weighted by atomic mass is 10.2. The number of allylic oxidation sites excluding steroid dienone is 1. The highest BCUT2D eigenvalue weighted by molar-refractivity contribution is 14.2. The van der Waals surface area contributed by atoms with Crippen molar-refractivity contribution in [2.24, 2.45) is 0 Å². The number of hydrogen-bond acceptors (Lipinski definition) is 0. The van der Waals surface area contributed by atoms with Crippen molar-refractivity contribution in [3.63, 3.8) is 0 Å². The lowest BCUT2D eigenvalue weighted by molar-refractivity contribution is 0.674. The molecular formula is C8H13I3. The Morgan fingerprint density at radius 3 is 2.09 bits per heavy atom. The maximum atomic E-state index is 2.45. The van der Waals surface area contributed by atoms with E-state index in [1.165, 1.54) is 37.3 Å². The minimum Gasteiger partial charge on any atom is -0.0654 e. The van der Waals surface area contributed by atoms with E-state index >= 15 is 0 Å². The molecule has 0 saturated heterocycles. The fraction of sp³-hybridized carbons (Fsp3) is 0.750. The van der Waals surface area contributed by atoms with Crippen molar-refractivity contribution in [3.8, 4) is 0 Å². The van der Waals surface area contributed by atoms with Crippen LogP contribution in [0.25, 0.3) is 0 Å². The van der Waals surface area contributed by atoms with Crippen LogP contribution in [-0.4, -0.2) is 0 Å². The third-order valence-corrected chi connectivity index (χ3v) is 5.90. The van der Waals surface area contributed by atoms with Crippen LogP contribution < -0.4 is 0 Å². The molecule has 11 heavy (non-hydrogen) atoms. The second kappa shape index (κ2) is 8.52. The zero-order chi connectivity index (χ0) is 8.69. The maximum Gasteiger partial charge on any atom is 0.0606 e. The van der Waals surface area contributed by atoms with Gasteiger partial charge in [-0.05, 0) is 80.6 Å². The highest BCUT2D eigenvalue weighted by Gasteiger charge is 1.96. The molecule has 0 spiro atoms. The largest absolute Gasteiger partial charge is 0.0654 e. The molecule has 0 aliphatic heterocycles. The van der Waals surface area contributed by atoms with E-state index < -0.39 is 0 Å². The van der Waals surface area contributed by atoms with E-state index in [0.717, 1.165) is 0 Å². The Hall–Kier alpha value is 1.93. The first-order chi connectivity index (χ1) is 5.18. The lowest BCUT2D eigenvalue weighted by Crippen LogP contribution is -1.77. The van der Waals surface area contributed by atoms with Crippen LogP contribution in [0.4, 0.5) is 0 Å². The Morgan fingerprint density at radius 2 is 1.64 bits per heavy atom. The zero-order valence-corrected chi connectivity index (χ0v) is 13.1. The van der Waals surface area contributed by atoms with Gasteiger partial charge in [0.2, 0.25) is 0 Å². The SMILES string of the molecule is CCCCCCC(I)=C(I)I. The van der Waals surface area contributed by atoms with Crippen molar-refractivity contribution < 1.29 is 0 Å². The Labute approximate surface area is 110 Å². The van der Waals surface area contributed by atoms with E-state index in [9.17, 15) is 0 Å². The van der Waals surface area contributed by atoms with Crippen molar-refractivity contribution >= 4 is 67.8 Å². The summed E-state index contributed by atoms with van der Waals surface area (Å²) in [5.74, 6) is 0. The summed E-state index contributed by atoms with van der Waals surface area (Å²) >= 11 is 7.22. The molecule has 0 aliphatic carbocycles. The minimum absolute atomic E-state index is 1.28. The van der Waals surface area contributed by atoms with Gasteiger partial charge in [0.1, 0.15) is 0 Å². The molecule has 0 fully saturated rings. The monoisotopic (exact) mass is 490 g/mol. The Bertz CT molecular complexity index is 125. The first-order valence-electron chi connectivity index (χ1n) is 3.88. The Morgan fingerprint density at radius 1 is 1.00 bits per heavy atom. The lowest BCUT2D eigenvalue weighted by Gasteiger charge is -1.99. The molecule has 0 aromatic rings. The molecule has 0 aromatic carbocycles. The van der Waals surface area contributed by atoms with E-state index in [-0.39, 0.29) is 0 Å². The van der Waals surface area contributed by atoms with Crippen molar-refractivity contribution in [1.29, 1.82) is 0 Å². The summed E-state index contributed by atoms with van der Waals surface area (Å²) in [6.07, 6.45) is 6.76. The summed E-state index contributed by atoms with van der Waals surface area (Å²) in [7, 11) is 0. The van der Waals surface area contributed by atoms with Gasteiger partial charge < -0.3 is 0 Å². The number of halogens is 3. The molecule has 0 atom stereocenters. The second-order valence-corrected chi connectivity index (χ2v) is 8.00. The molecular weight excluding hydrogens is 477 g/mol. The summed E-state index contributed by atoms with van der Waals surface area (Å²) in [6, 6.07) is 0. The molecule has 0 unspecified atom stereocenters. The van der Waals surface area contributed by atoms with Gasteiger partial charge in [-0.15, -0.1) is 0 Å². The predicted octanol–water partition coefficient (Wildman–Crippen LogP) is 5.43. The van der Waals surface area contributed by atoms with Gasteiger partial charge in [0.25, 0.3) is 0 Å². The van der Waals surface area contributed by atoms with Crippen molar-refractivity contribution in [3.05, 3.63) is 5.17 Å². The van der Waals surface area contributed by atoms with E-state index in [4.69, 9.17) is 0 Å². The van der Waals surface area contributed by atoms with Crippen LogP contribution in [0, 0.1) is 0 Å². The number of unbranched alkanes of at least 4 members (excludes halogenated alkanes) is 3. The fourth-order valence-electron chi connectivity index (χ4n) is 0.801. The van der Waals surface area contributed by atoms with Crippen LogP contribution in [0.3, 0.4) is 0 Å². The summed E-state index contributed by atoms with van der Waals surface area (Å²) in [4.78, 5) is 0. The van der Waals surface area contributed by atoms with Crippen LogP contribution in [0.1, 0.15) is 39.0 Å². The van der Waals surface area contributed by atoms with Crippen molar-refractivity contribution in [2.75, 3.05) is 0 Å². The molecule has 0 rings (SSSR count). The third-order valence-electron chi connectivity index (χ3n) is 1.45. The van der Waals surface area contributed by atoms with Gasteiger partial charge >= 0.3 is 0 Å².